The van der Waals surface area contributed by atoms with E-state index >= 15 is 0 Å². The predicted molar refractivity (Wildman–Crippen MR) is 114 cm³/mol. The molecule has 1 aromatic heterocycles. The Bertz CT molecular complexity index is 747. The van der Waals surface area contributed by atoms with Gasteiger partial charge in [-0.2, -0.15) is 17.5 Å². The minimum atomic E-state index is -5.26. The highest BCUT2D eigenvalue weighted by atomic mass is 127. The average Bonchev–Trinajstić information content (AvgIpc) is 3.07. The van der Waals surface area contributed by atoms with Crippen LogP contribution in [-0.2, 0) is 23.0 Å². The molecule has 2 heterocycles. The lowest BCUT2D eigenvalue weighted by molar-refractivity contribution is -0.0494. The summed E-state index contributed by atoms with van der Waals surface area (Å²) in [7, 11) is -5.26. The molecule has 0 bridgehead atoms. The molecule has 0 aliphatic carbocycles. The van der Waals surface area contributed by atoms with Crippen molar-refractivity contribution in [2.75, 3.05) is 19.6 Å². The van der Waals surface area contributed by atoms with Crippen LogP contribution in [0.4, 0.5) is 13.2 Å². The highest BCUT2D eigenvalue weighted by Gasteiger charge is 2.50. The Kier molecular flexibility index (Phi) is 9.89. The Morgan fingerprint density at radius 3 is 2.50 bits per heavy atom. The van der Waals surface area contributed by atoms with Crippen LogP contribution in [0.25, 0.3) is 0 Å². The quantitative estimate of drug-likeness (QED) is 0.321. The third-order valence-electron chi connectivity index (χ3n) is 4.09. The summed E-state index contributed by atoms with van der Waals surface area (Å²) in [5, 5.41) is 7.15. The maximum Gasteiger partial charge on any atom is 0.511 e. The third kappa shape index (κ3) is 6.69. The van der Waals surface area contributed by atoms with Crippen molar-refractivity contribution >= 4 is 51.3 Å². The molecule has 1 saturated heterocycles. The minimum Gasteiger partial charge on any atom is -0.357 e. The first kappa shape index (κ1) is 25.4. The van der Waals surface area contributed by atoms with Gasteiger partial charge < -0.3 is 10.6 Å². The lowest BCUT2D eigenvalue weighted by atomic mass is 10.1. The Morgan fingerprint density at radius 1 is 1.36 bits per heavy atom. The van der Waals surface area contributed by atoms with E-state index in [4.69, 9.17) is 0 Å². The number of alkyl halides is 3. The zero-order valence-corrected chi connectivity index (χ0v) is 19.6. The van der Waals surface area contributed by atoms with Crippen molar-refractivity contribution in [2.24, 2.45) is 4.99 Å². The summed E-state index contributed by atoms with van der Waals surface area (Å²) in [6.07, 6.45) is 3.29. The minimum absolute atomic E-state index is 0. The van der Waals surface area contributed by atoms with Crippen LogP contribution < -0.4 is 10.6 Å². The van der Waals surface area contributed by atoms with Crippen LogP contribution in [-0.4, -0.2) is 54.9 Å². The van der Waals surface area contributed by atoms with E-state index in [1.807, 2.05) is 13.1 Å². The molecular weight excluding hydrogens is 530 g/mol. The van der Waals surface area contributed by atoms with Gasteiger partial charge in [-0.25, -0.2) is 18.4 Å². The summed E-state index contributed by atoms with van der Waals surface area (Å²) in [6, 6.07) is -0.148. The molecule has 0 atom stereocenters. The number of hydrogen-bond acceptors (Lipinski definition) is 5. The number of thiazole rings is 1. The fourth-order valence-corrected chi connectivity index (χ4v) is 4.40. The number of sulfonamides is 1. The van der Waals surface area contributed by atoms with Gasteiger partial charge >= 0.3 is 15.5 Å². The lowest BCUT2D eigenvalue weighted by Gasteiger charge is -2.32. The highest BCUT2D eigenvalue weighted by Crippen LogP contribution is 2.28. The Hall–Kier alpha value is -0.670. The van der Waals surface area contributed by atoms with Crippen LogP contribution in [0.3, 0.4) is 0 Å². The molecule has 1 fully saturated rings. The van der Waals surface area contributed by atoms with E-state index in [1.165, 1.54) is 4.88 Å². The second kappa shape index (κ2) is 10.9. The van der Waals surface area contributed by atoms with Crippen molar-refractivity contribution in [3.63, 3.8) is 0 Å². The van der Waals surface area contributed by atoms with Gasteiger partial charge in [0.1, 0.15) is 5.01 Å². The molecule has 1 aliphatic rings. The normalized spacial score (nSPS) is 17.2. The SMILES string of the molecule is CCNC(=NCc1ncc(CC)s1)NC1CCN(S(=O)(=O)C(F)(F)F)CC1.I. The van der Waals surface area contributed by atoms with Crippen molar-refractivity contribution in [2.45, 2.75) is 51.2 Å². The van der Waals surface area contributed by atoms with Crippen LogP contribution in [0.1, 0.15) is 36.6 Å². The number of guanidine groups is 1. The fraction of sp³-hybridized carbons (Fsp3) is 0.733. The number of rotatable bonds is 6. The summed E-state index contributed by atoms with van der Waals surface area (Å²) < 4.78 is 61.3. The Balaban J connectivity index is 0.00000392. The maximum absolute atomic E-state index is 12.6. The molecule has 0 saturated carbocycles. The molecular formula is C15H25F3IN5O2S2. The Labute approximate surface area is 184 Å². The largest absolute Gasteiger partial charge is 0.511 e. The number of aryl methyl sites for hydroxylation is 1. The zero-order chi connectivity index (χ0) is 20.1. The van der Waals surface area contributed by atoms with Crippen LogP contribution in [0, 0.1) is 0 Å². The number of aliphatic imine (C=N–C) groups is 1. The van der Waals surface area contributed by atoms with E-state index < -0.39 is 15.5 Å². The van der Waals surface area contributed by atoms with Crippen molar-refractivity contribution in [1.29, 1.82) is 0 Å². The molecule has 2 N–H and O–H groups in total. The molecule has 13 heteroatoms. The summed E-state index contributed by atoms with van der Waals surface area (Å²) in [6.45, 7) is 4.65. The first-order valence-electron chi connectivity index (χ1n) is 8.72. The van der Waals surface area contributed by atoms with Gasteiger partial charge in [-0.15, -0.1) is 35.3 Å². The summed E-state index contributed by atoms with van der Waals surface area (Å²) in [5.74, 6) is 0.544. The van der Waals surface area contributed by atoms with Crippen LogP contribution in [0.15, 0.2) is 11.2 Å². The summed E-state index contributed by atoms with van der Waals surface area (Å²) in [5.41, 5.74) is -5.26. The number of nitrogens with zero attached hydrogens (tertiary/aromatic N) is 3. The van der Waals surface area contributed by atoms with Crippen LogP contribution >= 0.6 is 35.3 Å². The monoisotopic (exact) mass is 555 g/mol. The van der Waals surface area contributed by atoms with E-state index in [0.29, 0.717) is 23.4 Å². The highest BCUT2D eigenvalue weighted by molar-refractivity contribution is 14.0. The van der Waals surface area contributed by atoms with Crippen molar-refractivity contribution in [1.82, 2.24) is 19.9 Å². The summed E-state index contributed by atoms with van der Waals surface area (Å²) >= 11 is 1.59. The number of hydrogen-bond donors (Lipinski definition) is 2. The molecule has 1 aliphatic heterocycles. The van der Waals surface area contributed by atoms with Gasteiger partial charge in [0.2, 0.25) is 0 Å². The number of piperidine rings is 1. The molecule has 7 nitrogen and oxygen atoms in total. The van der Waals surface area contributed by atoms with Gasteiger partial charge in [-0.1, -0.05) is 6.92 Å². The van der Waals surface area contributed by atoms with E-state index in [0.717, 1.165) is 11.4 Å². The van der Waals surface area contributed by atoms with Gasteiger partial charge in [0, 0.05) is 36.8 Å². The van der Waals surface area contributed by atoms with Crippen molar-refractivity contribution in [3.8, 4) is 0 Å². The average molecular weight is 555 g/mol. The van der Waals surface area contributed by atoms with E-state index in [2.05, 4.69) is 27.5 Å². The first-order chi connectivity index (χ1) is 12.7. The lowest BCUT2D eigenvalue weighted by Crippen LogP contribution is -2.51. The van der Waals surface area contributed by atoms with E-state index in [1.54, 1.807) is 11.3 Å². The number of aromatic nitrogens is 1. The van der Waals surface area contributed by atoms with Crippen LogP contribution in [0.5, 0.6) is 0 Å². The topological polar surface area (TPSA) is 86.7 Å². The molecule has 0 aromatic carbocycles. The first-order valence-corrected chi connectivity index (χ1v) is 11.0. The molecule has 0 unspecified atom stereocenters. The number of halogens is 4. The molecule has 0 radical (unpaired) electrons. The Morgan fingerprint density at radius 2 is 2.00 bits per heavy atom. The second-order valence-corrected chi connectivity index (χ2v) is 9.17. The second-order valence-electron chi connectivity index (χ2n) is 6.04. The molecule has 0 spiro atoms. The van der Waals surface area contributed by atoms with Crippen molar-refractivity contribution < 1.29 is 21.6 Å². The van der Waals surface area contributed by atoms with E-state index in [9.17, 15) is 21.6 Å². The maximum atomic E-state index is 12.6. The molecule has 1 aromatic rings. The molecule has 28 heavy (non-hydrogen) atoms. The van der Waals surface area contributed by atoms with Crippen LogP contribution in [0.2, 0.25) is 0 Å². The molecule has 2 rings (SSSR count). The van der Waals surface area contributed by atoms with Gasteiger partial charge in [0.25, 0.3) is 0 Å². The fourth-order valence-electron chi connectivity index (χ4n) is 2.63. The third-order valence-corrected chi connectivity index (χ3v) is 6.85. The number of nitrogens with one attached hydrogen (secondary N) is 2. The predicted octanol–water partition coefficient (Wildman–Crippen LogP) is 2.69. The van der Waals surface area contributed by atoms with Gasteiger partial charge in [0.05, 0.1) is 6.54 Å². The van der Waals surface area contributed by atoms with E-state index in [-0.39, 0.29) is 55.9 Å². The smallest absolute Gasteiger partial charge is 0.357 e. The molecule has 0 amide bonds. The van der Waals surface area contributed by atoms with Gasteiger partial charge in [0.15, 0.2) is 5.96 Å². The van der Waals surface area contributed by atoms with Gasteiger partial charge in [-0.05, 0) is 26.2 Å². The zero-order valence-electron chi connectivity index (χ0n) is 15.6. The van der Waals surface area contributed by atoms with Gasteiger partial charge in [-0.3, -0.25) is 0 Å². The standard InChI is InChI=1S/C15H24F3N5O2S2.HI/c1-3-12-9-20-13(26-12)10-21-14(19-4-2)22-11-5-7-23(8-6-11)27(24,25)15(16,17)18;/h9,11H,3-8,10H2,1-2H3,(H2,19,21,22);1H. The van der Waals surface area contributed by atoms with Crippen molar-refractivity contribution in [3.05, 3.63) is 16.1 Å². The molecule has 162 valence electrons. The summed E-state index contributed by atoms with van der Waals surface area (Å²) in [4.78, 5) is 9.94.